The van der Waals surface area contributed by atoms with E-state index in [9.17, 15) is 0 Å². The molecule has 0 amide bonds. The van der Waals surface area contributed by atoms with Crippen LogP contribution in [0.25, 0.3) is 65.4 Å². The number of hydrogen-bond donors (Lipinski definition) is 0. The summed E-state index contributed by atoms with van der Waals surface area (Å²) in [5.74, 6) is 0. The molecule has 8 aromatic carbocycles. The number of para-hydroxylation sites is 1. The highest BCUT2D eigenvalue weighted by Crippen LogP contribution is 2.44. The second-order valence-electron chi connectivity index (χ2n) is 11.4. The summed E-state index contributed by atoms with van der Waals surface area (Å²) in [7, 11) is 0. The number of benzene rings is 8. The molecule has 0 unspecified atom stereocenters. The van der Waals surface area contributed by atoms with E-state index in [4.69, 9.17) is 4.42 Å². The summed E-state index contributed by atoms with van der Waals surface area (Å²) in [6.45, 7) is 0. The number of hydrogen-bond acceptors (Lipinski definition) is 2. The lowest BCUT2D eigenvalue weighted by Crippen LogP contribution is -2.11. The normalized spacial score (nSPS) is 11.6. The molecule has 0 aliphatic heterocycles. The Kier molecular flexibility index (Phi) is 5.54. The van der Waals surface area contributed by atoms with Crippen LogP contribution in [0.3, 0.4) is 0 Å². The van der Waals surface area contributed by atoms with E-state index in [1.54, 1.807) is 0 Å². The van der Waals surface area contributed by atoms with Crippen LogP contribution < -0.4 is 4.90 Å². The van der Waals surface area contributed by atoms with E-state index < -0.39 is 0 Å². The third-order valence-electron chi connectivity index (χ3n) is 8.80. The van der Waals surface area contributed by atoms with Crippen molar-refractivity contribution in [3.8, 4) is 11.1 Å². The van der Waals surface area contributed by atoms with Gasteiger partial charge in [-0.15, -0.1) is 0 Å². The van der Waals surface area contributed by atoms with Crippen molar-refractivity contribution < 1.29 is 4.42 Å². The summed E-state index contributed by atoms with van der Waals surface area (Å²) in [4.78, 5) is 2.42. The van der Waals surface area contributed by atoms with E-state index in [0.717, 1.165) is 33.6 Å². The monoisotopic (exact) mass is 561 g/mol. The van der Waals surface area contributed by atoms with Crippen molar-refractivity contribution in [2.45, 2.75) is 0 Å². The van der Waals surface area contributed by atoms with Gasteiger partial charge in [-0.3, -0.25) is 0 Å². The maximum absolute atomic E-state index is 6.21. The molecule has 0 N–H and O–H groups in total. The molecule has 0 aliphatic rings. The molecule has 2 heteroatoms. The molecule has 0 atom stereocenters. The topological polar surface area (TPSA) is 16.4 Å². The number of nitrogens with zero attached hydrogens (tertiary/aromatic N) is 1. The first kappa shape index (κ1) is 24.7. The van der Waals surface area contributed by atoms with Crippen LogP contribution in [0.5, 0.6) is 0 Å². The molecule has 206 valence electrons. The fraction of sp³-hybridized carbons (Fsp3) is 0. The average Bonchev–Trinajstić information content (AvgIpc) is 3.48. The van der Waals surface area contributed by atoms with Gasteiger partial charge < -0.3 is 9.32 Å². The second-order valence-corrected chi connectivity index (χ2v) is 11.4. The SMILES string of the molecule is c1ccc(-c2cccc(N(c3ccc4c(ccc5oc6ccccc6c54)c3)c3cc4ccccc4c4ccccc34)c2)cc1. The Morgan fingerprint density at radius 1 is 0.364 bits per heavy atom. The summed E-state index contributed by atoms with van der Waals surface area (Å²) >= 11 is 0. The zero-order valence-electron chi connectivity index (χ0n) is 23.9. The molecule has 0 radical (unpaired) electrons. The fourth-order valence-electron chi connectivity index (χ4n) is 6.78. The second kappa shape index (κ2) is 9.86. The Labute approximate surface area is 255 Å². The number of fused-ring (bicyclic) bond motifs is 8. The highest BCUT2D eigenvalue weighted by Gasteiger charge is 2.19. The van der Waals surface area contributed by atoms with Gasteiger partial charge in [0.25, 0.3) is 0 Å². The van der Waals surface area contributed by atoms with Crippen LogP contribution >= 0.6 is 0 Å². The summed E-state index contributed by atoms with van der Waals surface area (Å²) in [6, 6.07) is 58.7. The van der Waals surface area contributed by atoms with Crippen molar-refractivity contribution >= 4 is 71.3 Å². The molecule has 0 saturated heterocycles. The van der Waals surface area contributed by atoms with Crippen molar-refractivity contribution in [1.29, 1.82) is 0 Å². The molecule has 0 saturated carbocycles. The highest BCUT2D eigenvalue weighted by molar-refractivity contribution is 6.19. The van der Waals surface area contributed by atoms with Gasteiger partial charge in [-0.25, -0.2) is 0 Å². The largest absolute Gasteiger partial charge is 0.456 e. The molecule has 1 heterocycles. The van der Waals surface area contributed by atoms with Crippen LogP contribution in [0, 0.1) is 0 Å². The maximum Gasteiger partial charge on any atom is 0.136 e. The maximum atomic E-state index is 6.21. The van der Waals surface area contributed by atoms with Crippen molar-refractivity contribution in [3.05, 3.63) is 164 Å². The number of furan rings is 1. The van der Waals surface area contributed by atoms with Crippen molar-refractivity contribution in [1.82, 2.24) is 0 Å². The van der Waals surface area contributed by atoms with E-state index in [1.165, 1.54) is 48.8 Å². The summed E-state index contributed by atoms with van der Waals surface area (Å²) in [5.41, 5.74) is 7.59. The summed E-state index contributed by atoms with van der Waals surface area (Å²) in [6.07, 6.45) is 0. The van der Waals surface area contributed by atoms with Gasteiger partial charge in [0.05, 0.1) is 5.69 Å². The number of rotatable bonds is 4. The van der Waals surface area contributed by atoms with Gasteiger partial charge in [-0.05, 0) is 80.5 Å². The van der Waals surface area contributed by atoms with Crippen LogP contribution in [0.15, 0.2) is 168 Å². The van der Waals surface area contributed by atoms with Crippen LogP contribution in [-0.4, -0.2) is 0 Å². The van der Waals surface area contributed by atoms with E-state index in [0.29, 0.717) is 0 Å². The van der Waals surface area contributed by atoms with E-state index in [2.05, 4.69) is 157 Å². The molecule has 1 aromatic heterocycles. The molecule has 9 aromatic rings. The minimum Gasteiger partial charge on any atom is -0.456 e. The van der Waals surface area contributed by atoms with Crippen LogP contribution in [0.4, 0.5) is 17.1 Å². The quantitative estimate of drug-likeness (QED) is 0.199. The highest BCUT2D eigenvalue weighted by atomic mass is 16.3. The van der Waals surface area contributed by atoms with Crippen molar-refractivity contribution in [3.63, 3.8) is 0 Å². The van der Waals surface area contributed by atoms with E-state index >= 15 is 0 Å². The van der Waals surface area contributed by atoms with Gasteiger partial charge in [0.15, 0.2) is 0 Å². The molecule has 0 aliphatic carbocycles. The van der Waals surface area contributed by atoms with E-state index in [-0.39, 0.29) is 0 Å². The predicted octanol–water partition coefficient (Wildman–Crippen LogP) is 12.2. The third-order valence-corrected chi connectivity index (χ3v) is 8.80. The predicted molar refractivity (Wildman–Crippen MR) is 186 cm³/mol. The first-order valence-corrected chi connectivity index (χ1v) is 15.0. The minimum atomic E-state index is 0.916. The first-order valence-electron chi connectivity index (χ1n) is 15.0. The van der Waals surface area contributed by atoms with Gasteiger partial charge in [0, 0.05) is 27.5 Å². The van der Waals surface area contributed by atoms with Gasteiger partial charge in [-0.1, -0.05) is 121 Å². The molecule has 9 rings (SSSR count). The van der Waals surface area contributed by atoms with E-state index in [1.807, 2.05) is 12.1 Å². The van der Waals surface area contributed by atoms with Gasteiger partial charge >= 0.3 is 0 Å². The van der Waals surface area contributed by atoms with Crippen LogP contribution in [0.2, 0.25) is 0 Å². The van der Waals surface area contributed by atoms with Crippen LogP contribution in [-0.2, 0) is 0 Å². The van der Waals surface area contributed by atoms with Crippen molar-refractivity contribution in [2.75, 3.05) is 4.90 Å². The van der Waals surface area contributed by atoms with Gasteiger partial charge in [0.1, 0.15) is 11.2 Å². The molecule has 44 heavy (non-hydrogen) atoms. The Hall–Kier alpha value is -5.86. The molecule has 2 nitrogen and oxygen atoms in total. The smallest absolute Gasteiger partial charge is 0.136 e. The summed E-state index contributed by atoms with van der Waals surface area (Å²) < 4.78 is 6.21. The molecular formula is C42H27NO. The lowest BCUT2D eigenvalue weighted by Gasteiger charge is -2.28. The molecule has 0 fully saturated rings. The molecule has 0 spiro atoms. The summed E-state index contributed by atoms with van der Waals surface area (Å²) in [5, 5.41) is 9.63. The lowest BCUT2D eigenvalue weighted by atomic mass is 9.98. The minimum absolute atomic E-state index is 0.916. The number of anilines is 3. The third kappa shape index (κ3) is 3.89. The lowest BCUT2D eigenvalue weighted by molar-refractivity contribution is 0.669. The van der Waals surface area contributed by atoms with Gasteiger partial charge in [0.2, 0.25) is 0 Å². The Bertz CT molecular complexity index is 2510. The Morgan fingerprint density at radius 3 is 1.93 bits per heavy atom. The zero-order valence-corrected chi connectivity index (χ0v) is 23.9. The Balaban J connectivity index is 1.33. The Morgan fingerprint density at radius 2 is 1.05 bits per heavy atom. The standard InChI is InChI=1S/C42H27NO/c1-2-11-28(12-3-1)29-14-10-15-32(25-29)43(39-27-30-13-4-5-16-34(30)36-17-6-7-18-37(36)39)33-22-23-35-31(26-33)21-24-41-42(35)38-19-8-9-20-40(38)44-41/h1-27H. The van der Waals surface area contributed by atoms with Crippen LogP contribution in [0.1, 0.15) is 0 Å². The average molecular weight is 562 g/mol. The molecular weight excluding hydrogens is 534 g/mol. The molecule has 0 bridgehead atoms. The first-order chi connectivity index (χ1) is 21.8. The fourth-order valence-corrected chi connectivity index (χ4v) is 6.78. The van der Waals surface area contributed by atoms with Gasteiger partial charge in [-0.2, -0.15) is 0 Å². The van der Waals surface area contributed by atoms with Crippen molar-refractivity contribution in [2.24, 2.45) is 0 Å². The zero-order chi connectivity index (χ0) is 29.0.